The van der Waals surface area contributed by atoms with Gasteiger partial charge in [0.15, 0.2) is 0 Å². The number of aliphatic carboxylic acids is 1. The molecule has 0 fully saturated rings. The van der Waals surface area contributed by atoms with Crippen molar-refractivity contribution in [3.05, 3.63) is 104 Å². The summed E-state index contributed by atoms with van der Waals surface area (Å²) in [6, 6.07) is 15.9. The zero-order valence-electron chi connectivity index (χ0n) is 22.0. The summed E-state index contributed by atoms with van der Waals surface area (Å²) in [4.78, 5) is 53.8. The molecule has 3 N–H and O–H groups in total. The third-order valence-corrected chi connectivity index (χ3v) is 7.58. The first-order valence-corrected chi connectivity index (χ1v) is 13.8. The summed E-state index contributed by atoms with van der Waals surface area (Å²) in [5.41, 5.74) is 2.35. The van der Waals surface area contributed by atoms with Crippen molar-refractivity contribution < 1.29 is 24.3 Å². The van der Waals surface area contributed by atoms with Crippen LogP contribution in [0.15, 0.2) is 60.7 Å². The first-order chi connectivity index (χ1) is 19.5. The molecule has 0 aromatic heterocycles. The summed E-state index contributed by atoms with van der Waals surface area (Å²) in [5.74, 6) is -2.50. The molecule has 4 amide bonds. The van der Waals surface area contributed by atoms with Gasteiger partial charge in [-0.3, -0.25) is 9.59 Å². The van der Waals surface area contributed by atoms with Crippen molar-refractivity contribution in [2.75, 3.05) is 20.1 Å². The van der Waals surface area contributed by atoms with Gasteiger partial charge in [-0.15, -0.1) is 0 Å². The van der Waals surface area contributed by atoms with Crippen LogP contribution in [0.3, 0.4) is 0 Å². The average molecular weight is 618 g/mol. The van der Waals surface area contributed by atoms with Crippen LogP contribution < -0.4 is 10.6 Å². The first-order valence-electron chi connectivity index (χ1n) is 12.7. The van der Waals surface area contributed by atoms with E-state index in [4.69, 9.17) is 34.8 Å². The number of nitrogens with one attached hydrogen (secondary N) is 2. The largest absolute Gasteiger partial charge is 0.480 e. The highest BCUT2D eigenvalue weighted by atomic mass is 35.5. The number of carbonyl (C=O) groups excluding carboxylic acids is 3. The molecule has 0 aliphatic carbocycles. The van der Waals surface area contributed by atoms with Crippen molar-refractivity contribution in [2.24, 2.45) is 0 Å². The lowest BCUT2D eigenvalue weighted by molar-refractivity contribution is -0.139. The summed E-state index contributed by atoms with van der Waals surface area (Å²) in [6.07, 6.45) is 0.365. The molecule has 0 saturated carbocycles. The van der Waals surface area contributed by atoms with Crippen LogP contribution in [0.1, 0.15) is 37.4 Å². The topological polar surface area (TPSA) is 119 Å². The van der Waals surface area contributed by atoms with E-state index in [1.54, 1.807) is 30.1 Å². The van der Waals surface area contributed by atoms with E-state index in [0.29, 0.717) is 36.6 Å². The van der Waals surface area contributed by atoms with Gasteiger partial charge in [-0.2, -0.15) is 0 Å². The van der Waals surface area contributed by atoms with E-state index in [1.807, 2.05) is 36.4 Å². The summed E-state index contributed by atoms with van der Waals surface area (Å²) >= 11 is 19.0. The molecule has 1 aliphatic rings. The summed E-state index contributed by atoms with van der Waals surface area (Å²) in [5, 5.41) is 15.0. The van der Waals surface area contributed by atoms with Crippen LogP contribution in [0.25, 0.3) is 0 Å². The van der Waals surface area contributed by atoms with Crippen LogP contribution in [0.2, 0.25) is 15.1 Å². The number of nitrogens with zero attached hydrogens (tertiary/aromatic N) is 2. The van der Waals surface area contributed by atoms with Gasteiger partial charge in [-0.05, 0) is 41.3 Å². The molecule has 0 bridgehead atoms. The summed E-state index contributed by atoms with van der Waals surface area (Å²) in [6.45, 7) is 0.617. The Morgan fingerprint density at radius 2 is 1.73 bits per heavy atom. The van der Waals surface area contributed by atoms with Crippen molar-refractivity contribution in [1.29, 1.82) is 0 Å². The number of urea groups is 1. The van der Waals surface area contributed by atoms with Gasteiger partial charge < -0.3 is 25.5 Å². The molecule has 214 valence electrons. The maximum atomic E-state index is 13.2. The molecule has 0 spiro atoms. The molecule has 9 nitrogen and oxygen atoms in total. The molecular formula is C29H27Cl3N4O5. The first kappa shape index (κ1) is 30.2. The average Bonchev–Trinajstić information content (AvgIpc) is 2.93. The number of hydrogen-bond donors (Lipinski definition) is 3. The number of fused-ring (bicyclic) bond motifs is 1. The number of carboxylic acids is 1. The van der Waals surface area contributed by atoms with Crippen molar-refractivity contribution in [1.82, 2.24) is 20.4 Å². The van der Waals surface area contributed by atoms with E-state index >= 15 is 0 Å². The summed E-state index contributed by atoms with van der Waals surface area (Å²) in [7, 11) is 1.57. The zero-order valence-corrected chi connectivity index (χ0v) is 24.3. The second kappa shape index (κ2) is 13.2. The van der Waals surface area contributed by atoms with Crippen molar-refractivity contribution in [3.63, 3.8) is 0 Å². The number of amides is 4. The highest BCUT2D eigenvalue weighted by Crippen LogP contribution is 2.35. The fourth-order valence-electron chi connectivity index (χ4n) is 4.51. The lowest BCUT2D eigenvalue weighted by Crippen LogP contribution is -2.50. The van der Waals surface area contributed by atoms with Gasteiger partial charge in [0.25, 0.3) is 11.8 Å². The third kappa shape index (κ3) is 7.30. The van der Waals surface area contributed by atoms with Crippen LogP contribution in [0.4, 0.5) is 4.79 Å². The molecule has 1 atom stereocenters. The fraction of sp³-hybridized carbons (Fsp3) is 0.241. The lowest BCUT2D eigenvalue weighted by Gasteiger charge is -2.30. The molecule has 1 aliphatic heterocycles. The number of carboxylic acid groups (broad SMARTS) is 1. The van der Waals surface area contributed by atoms with E-state index < -0.39 is 23.9 Å². The third-order valence-electron chi connectivity index (χ3n) is 6.63. The number of benzene rings is 3. The molecule has 0 radical (unpaired) electrons. The van der Waals surface area contributed by atoms with E-state index in [2.05, 4.69) is 10.6 Å². The monoisotopic (exact) mass is 616 g/mol. The van der Waals surface area contributed by atoms with Crippen LogP contribution in [0, 0.1) is 0 Å². The second-order valence-corrected chi connectivity index (χ2v) is 10.8. The Hall–Kier alpha value is -3.79. The van der Waals surface area contributed by atoms with Gasteiger partial charge in [0.05, 0.1) is 22.2 Å². The normalized spacial score (nSPS) is 13.3. The van der Waals surface area contributed by atoms with Crippen molar-refractivity contribution in [2.45, 2.75) is 25.6 Å². The Labute approximate surface area is 252 Å². The predicted molar refractivity (Wildman–Crippen MR) is 157 cm³/mol. The minimum absolute atomic E-state index is 0.0171. The molecule has 0 saturated heterocycles. The van der Waals surface area contributed by atoms with Crippen LogP contribution in [-0.4, -0.2) is 64.9 Å². The number of carbonyl (C=O) groups is 4. The quantitative estimate of drug-likeness (QED) is 0.317. The van der Waals surface area contributed by atoms with E-state index in [-0.39, 0.29) is 33.6 Å². The van der Waals surface area contributed by atoms with Crippen molar-refractivity contribution >= 4 is 58.6 Å². The van der Waals surface area contributed by atoms with Gasteiger partial charge in [0.1, 0.15) is 6.04 Å². The van der Waals surface area contributed by atoms with Gasteiger partial charge in [-0.1, -0.05) is 77.3 Å². The van der Waals surface area contributed by atoms with Crippen LogP contribution in [-0.2, 0) is 24.3 Å². The Morgan fingerprint density at radius 3 is 2.41 bits per heavy atom. The van der Waals surface area contributed by atoms with Gasteiger partial charge >= 0.3 is 12.0 Å². The van der Waals surface area contributed by atoms with Gasteiger partial charge in [-0.25, -0.2) is 9.59 Å². The summed E-state index contributed by atoms with van der Waals surface area (Å²) < 4.78 is 0. The van der Waals surface area contributed by atoms with Gasteiger partial charge in [0.2, 0.25) is 0 Å². The number of halogens is 3. The Morgan fingerprint density at radius 1 is 1.02 bits per heavy atom. The van der Waals surface area contributed by atoms with Crippen LogP contribution >= 0.6 is 34.8 Å². The number of rotatable bonds is 9. The lowest BCUT2D eigenvalue weighted by atomic mass is 9.95. The molecule has 1 unspecified atom stereocenters. The molecule has 12 heteroatoms. The fourth-order valence-corrected chi connectivity index (χ4v) is 5.45. The standard InChI is InChI=1S/C29H27Cl3N4O5/c1-35(15-17-6-3-2-4-7-17)29(41)33-14-23(28(39)40)34-26(37)24-22(31)13-21-20(25(24)32)10-11-36(27(21)38)16-18-8-5-9-19(30)12-18/h2-9,12-13,23H,10-11,14-16H2,1H3,(H,33,41)(H,34,37)(H,39,40). The highest BCUT2D eigenvalue weighted by molar-refractivity contribution is 6.41. The molecule has 1 heterocycles. The Bertz CT molecular complexity index is 1480. The minimum atomic E-state index is -1.46. The maximum Gasteiger partial charge on any atom is 0.328 e. The zero-order chi connectivity index (χ0) is 29.7. The maximum absolute atomic E-state index is 13.2. The smallest absolute Gasteiger partial charge is 0.328 e. The predicted octanol–water partition coefficient (Wildman–Crippen LogP) is 4.87. The van der Waals surface area contributed by atoms with E-state index in [1.165, 1.54) is 11.0 Å². The van der Waals surface area contributed by atoms with Crippen LogP contribution in [0.5, 0.6) is 0 Å². The van der Waals surface area contributed by atoms with Gasteiger partial charge in [0, 0.05) is 37.3 Å². The van der Waals surface area contributed by atoms with E-state index in [0.717, 1.165) is 11.1 Å². The highest BCUT2D eigenvalue weighted by Gasteiger charge is 2.32. The molecule has 4 rings (SSSR count). The molecule has 3 aromatic carbocycles. The number of hydrogen-bond acceptors (Lipinski definition) is 4. The molecule has 41 heavy (non-hydrogen) atoms. The van der Waals surface area contributed by atoms with Crippen molar-refractivity contribution in [3.8, 4) is 0 Å². The second-order valence-electron chi connectivity index (χ2n) is 9.57. The molecule has 3 aromatic rings. The van der Waals surface area contributed by atoms with E-state index in [9.17, 15) is 24.3 Å². The Balaban J connectivity index is 1.44. The molecular weight excluding hydrogens is 591 g/mol. The Kier molecular flexibility index (Phi) is 9.75. The minimum Gasteiger partial charge on any atom is -0.480 e. The SMILES string of the molecule is CN(Cc1ccccc1)C(=O)NCC(NC(=O)c1c(Cl)cc2c(c1Cl)CCN(Cc1cccc(Cl)c1)C2=O)C(=O)O.